The predicted octanol–water partition coefficient (Wildman–Crippen LogP) is 3.81. The van der Waals surface area contributed by atoms with Crippen LogP contribution in [0, 0.1) is 13.8 Å². The van der Waals surface area contributed by atoms with Crippen molar-refractivity contribution in [1.82, 2.24) is 24.7 Å². The number of aromatic hydroxyl groups is 1. The first-order chi connectivity index (χ1) is 14.0. The molecule has 1 fully saturated rings. The first-order valence-corrected chi connectivity index (χ1v) is 9.81. The summed E-state index contributed by atoms with van der Waals surface area (Å²) in [6, 6.07) is 15.8. The molecule has 1 aliphatic heterocycles. The number of hydrogen-bond donors (Lipinski definition) is 1. The van der Waals surface area contributed by atoms with E-state index in [1.54, 1.807) is 6.07 Å². The summed E-state index contributed by atoms with van der Waals surface area (Å²) in [6.45, 7) is 6.05. The molecule has 146 valence electrons. The van der Waals surface area contributed by atoms with Crippen molar-refractivity contribution < 1.29 is 5.11 Å². The van der Waals surface area contributed by atoms with Gasteiger partial charge in [0, 0.05) is 24.7 Å². The number of phenols is 1. The molecular formula is C23H23N5O. The molecule has 0 unspecified atom stereocenters. The number of rotatable bonds is 3. The molecule has 4 heterocycles. The first kappa shape index (κ1) is 17.8. The van der Waals surface area contributed by atoms with Gasteiger partial charge in [-0.25, -0.2) is 4.52 Å². The van der Waals surface area contributed by atoms with Crippen molar-refractivity contribution in [3.63, 3.8) is 0 Å². The number of fused-ring (bicyclic) bond motifs is 1. The number of phenolic OH excluding ortho intramolecular Hbond substituents is 1. The number of benzene rings is 1. The van der Waals surface area contributed by atoms with Crippen molar-refractivity contribution in [2.24, 2.45) is 0 Å². The van der Waals surface area contributed by atoms with Crippen LogP contribution in [0.2, 0.25) is 0 Å². The van der Waals surface area contributed by atoms with Gasteiger partial charge in [-0.1, -0.05) is 12.1 Å². The van der Waals surface area contributed by atoms with Gasteiger partial charge in [0.15, 0.2) is 0 Å². The largest absolute Gasteiger partial charge is 0.507 e. The lowest BCUT2D eigenvalue weighted by Crippen LogP contribution is -2.42. The number of likely N-dealkylation sites (N-methyl/N-ethyl adjacent to an activating group) is 1. The van der Waals surface area contributed by atoms with Crippen LogP contribution in [-0.2, 0) is 0 Å². The minimum absolute atomic E-state index is 0.204. The van der Waals surface area contributed by atoms with Crippen LogP contribution < -0.4 is 0 Å². The van der Waals surface area contributed by atoms with Crippen LogP contribution in [0.1, 0.15) is 23.0 Å². The van der Waals surface area contributed by atoms with Crippen LogP contribution in [0.25, 0.3) is 27.9 Å². The third-order valence-corrected chi connectivity index (χ3v) is 5.64. The molecule has 29 heavy (non-hydrogen) atoms. The van der Waals surface area contributed by atoms with Gasteiger partial charge in [-0.05, 0) is 68.4 Å². The van der Waals surface area contributed by atoms with Crippen molar-refractivity contribution in [2.75, 3.05) is 20.1 Å². The average Bonchev–Trinajstić information content (AvgIpc) is 3.06. The zero-order valence-corrected chi connectivity index (χ0v) is 16.8. The Morgan fingerprint density at radius 3 is 2.55 bits per heavy atom. The summed E-state index contributed by atoms with van der Waals surface area (Å²) in [6.07, 6.45) is 0. The van der Waals surface area contributed by atoms with E-state index in [0.29, 0.717) is 17.2 Å². The van der Waals surface area contributed by atoms with Crippen molar-refractivity contribution in [1.29, 1.82) is 0 Å². The van der Waals surface area contributed by atoms with Crippen LogP contribution in [0.4, 0.5) is 0 Å². The van der Waals surface area contributed by atoms with Gasteiger partial charge < -0.3 is 10.0 Å². The number of aromatic nitrogens is 4. The molecule has 1 saturated heterocycles. The average molecular weight is 385 g/mol. The lowest BCUT2D eigenvalue weighted by Gasteiger charge is -2.35. The Morgan fingerprint density at radius 2 is 1.83 bits per heavy atom. The molecule has 1 aliphatic rings. The van der Waals surface area contributed by atoms with Crippen LogP contribution >= 0.6 is 0 Å². The normalized spacial score (nSPS) is 15.0. The summed E-state index contributed by atoms with van der Waals surface area (Å²) in [5.74, 6) is 0.649. The van der Waals surface area contributed by atoms with Crippen molar-refractivity contribution in [3.05, 3.63) is 65.6 Å². The Hall–Kier alpha value is -3.25. The maximum atomic E-state index is 10.7. The zero-order valence-electron chi connectivity index (χ0n) is 16.8. The van der Waals surface area contributed by atoms with Crippen LogP contribution in [-0.4, -0.2) is 50.0 Å². The number of likely N-dealkylation sites (tertiary alicyclic amines) is 1. The fourth-order valence-electron chi connectivity index (χ4n) is 4.18. The molecule has 4 aromatic rings. The molecule has 6 nitrogen and oxygen atoms in total. The minimum Gasteiger partial charge on any atom is -0.507 e. The van der Waals surface area contributed by atoms with Crippen molar-refractivity contribution >= 4 is 5.52 Å². The van der Waals surface area contributed by atoms with Gasteiger partial charge in [-0.15, -0.1) is 0 Å². The monoisotopic (exact) mass is 385 g/mol. The van der Waals surface area contributed by atoms with Gasteiger partial charge in [-0.2, -0.15) is 15.3 Å². The second kappa shape index (κ2) is 6.67. The molecule has 6 heteroatoms. The van der Waals surface area contributed by atoms with E-state index in [1.807, 2.05) is 42.6 Å². The summed E-state index contributed by atoms with van der Waals surface area (Å²) in [5.41, 5.74) is 7.39. The van der Waals surface area contributed by atoms with E-state index in [0.717, 1.165) is 46.8 Å². The number of hydrogen-bond acceptors (Lipinski definition) is 5. The van der Waals surface area contributed by atoms with E-state index in [1.165, 1.54) is 0 Å². The molecule has 1 aromatic carbocycles. The van der Waals surface area contributed by atoms with Crippen LogP contribution in [0.5, 0.6) is 5.75 Å². The van der Waals surface area contributed by atoms with Gasteiger partial charge in [0.25, 0.3) is 0 Å². The Bertz CT molecular complexity index is 1210. The molecule has 0 atom stereocenters. The maximum absolute atomic E-state index is 10.7. The molecule has 5 rings (SSSR count). The number of aryl methyl sites for hydroxylation is 2. The predicted molar refractivity (Wildman–Crippen MR) is 113 cm³/mol. The molecule has 0 aliphatic carbocycles. The Labute approximate surface area is 169 Å². The number of pyridine rings is 1. The molecule has 1 N–H and O–H groups in total. The van der Waals surface area contributed by atoms with Gasteiger partial charge in [-0.3, -0.25) is 0 Å². The van der Waals surface area contributed by atoms with E-state index < -0.39 is 0 Å². The van der Waals surface area contributed by atoms with Crippen molar-refractivity contribution in [3.8, 4) is 28.1 Å². The van der Waals surface area contributed by atoms with Crippen molar-refractivity contribution in [2.45, 2.75) is 19.8 Å². The standard InChI is InChI=1S/C23H23N5O/c1-14-9-18-11-16(10-15(2)28(18)26-14)19-5-4-6-22(29)23(19)21-8-7-20(24-25-21)17-12-27(3)13-17/h4-11,17,29H,12-13H2,1-3H3. The highest BCUT2D eigenvalue weighted by molar-refractivity contribution is 5.87. The van der Waals surface area contributed by atoms with E-state index in [2.05, 4.69) is 45.4 Å². The summed E-state index contributed by atoms with van der Waals surface area (Å²) >= 11 is 0. The Balaban J connectivity index is 1.60. The van der Waals surface area contributed by atoms with Gasteiger partial charge in [0.2, 0.25) is 0 Å². The SMILES string of the molecule is Cc1cc2cc(-c3cccc(O)c3-c3ccc(C4CN(C)C4)nn3)cc(C)n2n1. The highest BCUT2D eigenvalue weighted by atomic mass is 16.3. The smallest absolute Gasteiger partial charge is 0.125 e. The minimum atomic E-state index is 0.204. The third-order valence-electron chi connectivity index (χ3n) is 5.64. The Morgan fingerprint density at radius 1 is 1.00 bits per heavy atom. The first-order valence-electron chi connectivity index (χ1n) is 9.81. The molecule has 0 saturated carbocycles. The molecule has 0 amide bonds. The summed E-state index contributed by atoms with van der Waals surface area (Å²) in [7, 11) is 2.10. The topological polar surface area (TPSA) is 66.5 Å². The van der Waals surface area contributed by atoms with Gasteiger partial charge in [0.1, 0.15) is 5.75 Å². The lowest BCUT2D eigenvalue weighted by molar-refractivity contribution is 0.186. The third kappa shape index (κ3) is 3.06. The fourth-order valence-corrected chi connectivity index (χ4v) is 4.18. The second-order valence-electron chi connectivity index (χ2n) is 7.97. The molecule has 3 aromatic heterocycles. The lowest BCUT2D eigenvalue weighted by atomic mass is 9.94. The summed E-state index contributed by atoms with van der Waals surface area (Å²) in [4.78, 5) is 2.26. The maximum Gasteiger partial charge on any atom is 0.125 e. The second-order valence-corrected chi connectivity index (χ2v) is 7.97. The van der Waals surface area contributed by atoms with E-state index in [-0.39, 0.29) is 5.75 Å². The van der Waals surface area contributed by atoms with Crippen LogP contribution in [0.3, 0.4) is 0 Å². The highest BCUT2D eigenvalue weighted by Gasteiger charge is 2.26. The Kier molecular flexibility index (Phi) is 4.10. The van der Waals surface area contributed by atoms with E-state index >= 15 is 0 Å². The fraction of sp³-hybridized carbons (Fsp3) is 0.261. The zero-order chi connectivity index (χ0) is 20.1. The van der Waals surface area contributed by atoms with Crippen LogP contribution in [0.15, 0.2) is 48.5 Å². The van der Waals surface area contributed by atoms with E-state index in [4.69, 9.17) is 0 Å². The van der Waals surface area contributed by atoms with Gasteiger partial charge >= 0.3 is 0 Å². The molecule has 0 spiro atoms. The van der Waals surface area contributed by atoms with E-state index in [9.17, 15) is 5.11 Å². The highest BCUT2D eigenvalue weighted by Crippen LogP contribution is 2.38. The molecular weight excluding hydrogens is 362 g/mol. The molecule has 0 bridgehead atoms. The number of nitrogens with zero attached hydrogens (tertiary/aromatic N) is 5. The summed E-state index contributed by atoms with van der Waals surface area (Å²) < 4.78 is 1.94. The quantitative estimate of drug-likeness (QED) is 0.581. The molecule has 0 radical (unpaired) electrons. The summed E-state index contributed by atoms with van der Waals surface area (Å²) in [5, 5.41) is 24.1. The van der Waals surface area contributed by atoms with Gasteiger partial charge in [0.05, 0.1) is 28.2 Å².